The number of furan rings is 1. The summed E-state index contributed by atoms with van der Waals surface area (Å²) in [5.41, 5.74) is 2.09. The summed E-state index contributed by atoms with van der Waals surface area (Å²) in [6, 6.07) is 9.85. The summed E-state index contributed by atoms with van der Waals surface area (Å²) in [6.07, 6.45) is 2.72. The minimum Gasteiger partial charge on any atom is -0.491 e. The van der Waals surface area contributed by atoms with Gasteiger partial charge >= 0.3 is 0 Å². The van der Waals surface area contributed by atoms with E-state index in [4.69, 9.17) is 20.8 Å². The summed E-state index contributed by atoms with van der Waals surface area (Å²) in [7, 11) is 0. The van der Waals surface area contributed by atoms with Crippen molar-refractivity contribution < 1.29 is 9.15 Å². The van der Waals surface area contributed by atoms with Crippen LogP contribution in [0.25, 0.3) is 0 Å². The Hall–Kier alpha value is -1.41. The standard InChI is InChI=1S/C16H19ClO2/c1-4-15-14(9-10-18-15)16(17)12-5-7-13(8-6-12)19-11(2)3/h5-11,16H,4H2,1-3H3. The van der Waals surface area contributed by atoms with Crippen molar-refractivity contribution in [2.75, 3.05) is 0 Å². The Labute approximate surface area is 119 Å². The van der Waals surface area contributed by atoms with Crippen LogP contribution < -0.4 is 4.74 Å². The lowest BCUT2D eigenvalue weighted by Gasteiger charge is -2.13. The zero-order chi connectivity index (χ0) is 13.8. The first kappa shape index (κ1) is 14.0. The summed E-state index contributed by atoms with van der Waals surface area (Å²) in [6.45, 7) is 6.08. The van der Waals surface area contributed by atoms with E-state index in [2.05, 4.69) is 6.92 Å². The number of alkyl halides is 1. The summed E-state index contributed by atoms with van der Waals surface area (Å²) in [5, 5.41) is -0.179. The molecule has 3 heteroatoms. The van der Waals surface area contributed by atoms with Crippen LogP contribution in [-0.2, 0) is 6.42 Å². The SMILES string of the molecule is CCc1occc1C(Cl)c1ccc(OC(C)C)cc1. The van der Waals surface area contributed by atoms with Gasteiger partial charge in [-0.2, -0.15) is 0 Å². The van der Waals surface area contributed by atoms with Gasteiger partial charge in [0, 0.05) is 12.0 Å². The summed E-state index contributed by atoms with van der Waals surface area (Å²) in [4.78, 5) is 0. The highest BCUT2D eigenvalue weighted by molar-refractivity contribution is 6.22. The Morgan fingerprint density at radius 3 is 2.42 bits per heavy atom. The minimum atomic E-state index is -0.179. The van der Waals surface area contributed by atoms with Gasteiger partial charge in [-0.15, -0.1) is 11.6 Å². The Morgan fingerprint density at radius 1 is 1.16 bits per heavy atom. The number of hydrogen-bond acceptors (Lipinski definition) is 2. The van der Waals surface area contributed by atoms with Crippen molar-refractivity contribution in [1.82, 2.24) is 0 Å². The molecule has 2 aromatic rings. The molecule has 0 fully saturated rings. The quantitative estimate of drug-likeness (QED) is 0.722. The Bertz CT molecular complexity index is 514. The van der Waals surface area contributed by atoms with Crippen LogP contribution in [0.1, 0.15) is 43.0 Å². The molecule has 0 aliphatic rings. The van der Waals surface area contributed by atoms with Crippen LogP contribution in [0.5, 0.6) is 5.75 Å². The zero-order valence-corrected chi connectivity index (χ0v) is 12.3. The Morgan fingerprint density at radius 2 is 1.84 bits per heavy atom. The first-order valence-corrected chi connectivity index (χ1v) is 7.02. The number of aryl methyl sites for hydroxylation is 1. The predicted octanol–water partition coefficient (Wildman–Crippen LogP) is 4.96. The second kappa shape index (κ2) is 6.16. The predicted molar refractivity (Wildman–Crippen MR) is 78.0 cm³/mol. The van der Waals surface area contributed by atoms with E-state index in [-0.39, 0.29) is 11.5 Å². The molecule has 19 heavy (non-hydrogen) atoms. The molecule has 0 saturated carbocycles. The van der Waals surface area contributed by atoms with Gasteiger partial charge in [-0.1, -0.05) is 19.1 Å². The van der Waals surface area contributed by atoms with Gasteiger partial charge in [-0.3, -0.25) is 0 Å². The fraction of sp³-hybridized carbons (Fsp3) is 0.375. The molecule has 0 aliphatic carbocycles. The molecule has 1 heterocycles. The topological polar surface area (TPSA) is 22.4 Å². The highest BCUT2D eigenvalue weighted by Gasteiger charge is 2.16. The molecule has 1 unspecified atom stereocenters. The average molecular weight is 279 g/mol. The van der Waals surface area contributed by atoms with E-state index in [1.54, 1.807) is 6.26 Å². The van der Waals surface area contributed by atoms with Crippen molar-refractivity contribution >= 4 is 11.6 Å². The molecule has 1 atom stereocenters. The molecule has 1 aromatic heterocycles. The Kier molecular flexibility index (Phi) is 4.54. The summed E-state index contributed by atoms with van der Waals surface area (Å²) in [5.74, 6) is 1.81. The summed E-state index contributed by atoms with van der Waals surface area (Å²) >= 11 is 6.51. The van der Waals surface area contributed by atoms with E-state index in [0.29, 0.717) is 0 Å². The van der Waals surface area contributed by atoms with Gasteiger partial charge in [-0.05, 0) is 37.6 Å². The van der Waals surface area contributed by atoms with Gasteiger partial charge in [0.05, 0.1) is 17.7 Å². The van der Waals surface area contributed by atoms with Gasteiger partial charge in [0.25, 0.3) is 0 Å². The number of rotatable bonds is 5. The molecule has 0 N–H and O–H groups in total. The molecule has 0 saturated heterocycles. The van der Waals surface area contributed by atoms with E-state index in [0.717, 1.165) is 29.1 Å². The second-order valence-electron chi connectivity index (χ2n) is 4.75. The van der Waals surface area contributed by atoms with Crippen LogP contribution in [0.4, 0.5) is 0 Å². The van der Waals surface area contributed by atoms with E-state index in [9.17, 15) is 0 Å². The lowest BCUT2D eigenvalue weighted by Crippen LogP contribution is -2.05. The third kappa shape index (κ3) is 3.32. The smallest absolute Gasteiger partial charge is 0.119 e. The Balaban J connectivity index is 2.18. The lowest BCUT2D eigenvalue weighted by molar-refractivity contribution is 0.242. The molecule has 0 amide bonds. The van der Waals surface area contributed by atoms with E-state index in [1.165, 1.54) is 0 Å². The molecule has 2 nitrogen and oxygen atoms in total. The molecule has 102 valence electrons. The van der Waals surface area contributed by atoms with Crippen molar-refractivity contribution in [1.29, 1.82) is 0 Å². The molecule has 0 bridgehead atoms. The number of ether oxygens (including phenoxy) is 1. The maximum absolute atomic E-state index is 6.51. The van der Waals surface area contributed by atoms with Crippen LogP contribution in [0.3, 0.4) is 0 Å². The highest BCUT2D eigenvalue weighted by Crippen LogP contribution is 2.33. The molecule has 0 radical (unpaired) electrons. The number of benzene rings is 1. The van der Waals surface area contributed by atoms with Crippen molar-refractivity contribution in [3.05, 3.63) is 53.5 Å². The van der Waals surface area contributed by atoms with Crippen LogP contribution in [0, 0.1) is 0 Å². The molecule has 1 aromatic carbocycles. The minimum absolute atomic E-state index is 0.179. The van der Waals surface area contributed by atoms with Crippen LogP contribution in [-0.4, -0.2) is 6.10 Å². The van der Waals surface area contributed by atoms with Gasteiger partial charge in [0.15, 0.2) is 0 Å². The van der Waals surface area contributed by atoms with Gasteiger partial charge in [0.2, 0.25) is 0 Å². The van der Waals surface area contributed by atoms with E-state index >= 15 is 0 Å². The maximum atomic E-state index is 6.51. The van der Waals surface area contributed by atoms with Crippen molar-refractivity contribution in [3.8, 4) is 5.75 Å². The maximum Gasteiger partial charge on any atom is 0.119 e. The van der Waals surface area contributed by atoms with Gasteiger partial charge < -0.3 is 9.15 Å². The zero-order valence-electron chi connectivity index (χ0n) is 11.5. The summed E-state index contributed by atoms with van der Waals surface area (Å²) < 4.78 is 11.0. The molecule has 0 aliphatic heterocycles. The third-order valence-electron chi connectivity index (χ3n) is 2.92. The number of hydrogen-bond donors (Lipinski definition) is 0. The molecular formula is C16H19ClO2. The first-order chi connectivity index (χ1) is 9.11. The average Bonchev–Trinajstić information content (AvgIpc) is 2.86. The van der Waals surface area contributed by atoms with Crippen molar-refractivity contribution in [2.45, 2.75) is 38.7 Å². The first-order valence-electron chi connectivity index (χ1n) is 6.58. The number of halogens is 1. The third-order valence-corrected chi connectivity index (χ3v) is 3.41. The van der Waals surface area contributed by atoms with Gasteiger partial charge in [-0.25, -0.2) is 0 Å². The van der Waals surface area contributed by atoms with Crippen molar-refractivity contribution in [3.63, 3.8) is 0 Å². The van der Waals surface area contributed by atoms with Crippen LogP contribution in [0.15, 0.2) is 41.0 Å². The van der Waals surface area contributed by atoms with Gasteiger partial charge in [0.1, 0.15) is 11.5 Å². The molecular weight excluding hydrogens is 260 g/mol. The molecule has 2 rings (SSSR count). The highest BCUT2D eigenvalue weighted by atomic mass is 35.5. The molecule has 0 spiro atoms. The van der Waals surface area contributed by atoms with Crippen LogP contribution >= 0.6 is 11.6 Å². The largest absolute Gasteiger partial charge is 0.491 e. The lowest BCUT2D eigenvalue weighted by atomic mass is 10.0. The fourth-order valence-corrected chi connectivity index (χ4v) is 2.37. The van der Waals surface area contributed by atoms with Crippen molar-refractivity contribution in [2.24, 2.45) is 0 Å². The monoisotopic (exact) mass is 278 g/mol. The van der Waals surface area contributed by atoms with E-state index in [1.807, 2.05) is 44.2 Å². The van der Waals surface area contributed by atoms with E-state index < -0.39 is 0 Å². The normalized spacial score (nSPS) is 12.7. The second-order valence-corrected chi connectivity index (χ2v) is 5.19. The van der Waals surface area contributed by atoms with Crippen LogP contribution in [0.2, 0.25) is 0 Å². The fourth-order valence-electron chi connectivity index (χ4n) is 2.03.